The van der Waals surface area contributed by atoms with E-state index in [0.29, 0.717) is 5.56 Å². The predicted octanol–water partition coefficient (Wildman–Crippen LogP) is 3.93. The molecule has 0 aliphatic carbocycles. The second-order valence-corrected chi connectivity index (χ2v) is 5.36. The van der Waals surface area contributed by atoms with Crippen LogP contribution >= 0.6 is 15.9 Å². The number of ether oxygens (including phenoxy) is 1. The van der Waals surface area contributed by atoms with Gasteiger partial charge in [0, 0.05) is 16.1 Å². The van der Waals surface area contributed by atoms with Crippen LogP contribution in [0.15, 0.2) is 46.9 Å². The van der Waals surface area contributed by atoms with Gasteiger partial charge in [0.1, 0.15) is 0 Å². The van der Waals surface area contributed by atoms with E-state index in [4.69, 9.17) is 4.74 Å². The molecule has 21 heavy (non-hydrogen) atoms. The molecule has 0 amide bonds. The molecule has 0 bridgehead atoms. The highest BCUT2D eigenvalue weighted by Crippen LogP contribution is 2.27. The molecule has 0 aliphatic heterocycles. The third-order valence-electron chi connectivity index (χ3n) is 2.84. The largest absolute Gasteiger partial charge is 0.478 e. The lowest BCUT2D eigenvalue weighted by atomic mass is 10.1. The van der Waals surface area contributed by atoms with E-state index in [9.17, 15) is 14.9 Å². The summed E-state index contributed by atoms with van der Waals surface area (Å²) in [7, 11) is 0. The summed E-state index contributed by atoms with van der Waals surface area (Å²) >= 11 is 3.28. The molecule has 0 saturated heterocycles. The summed E-state index contributed by atoms with van der Waals surface area (Å²) in [5.41, 5.74) is 1.11. The van der Waals surface area contributed by atoms with Crippen molar-refractivity contribution in [3.63, 3.8) is 0 Å². The summed E-state index contributed by atoms with van der Waals surface area (Å²) in [5, 5.41) is 11.0. The third kappa shape index (κ3) is 3.88. The predicted molar refractivity (Wildman–Crippen MR) is 81.8 cm³/mol. The second-order valence-electron chi connectivity index (χ2n) is 4.45. The number of carbonyl (C=O) groups excluding carboxylic acids is 1. The van der Waals surface area contributed by atoms with E-state index in [2.05, 4.69) is 15.9 Å². The Kier molecular flexibility index (Phi) is 4.70. The number of hydrogen-bond acceptors (Lipinski definition) is 4. The van der Waals surface area contributed by atoms with Crippen molar-refractivity contribution in [1.82, 2.24) is 0 Å². The molecule has 0 spiro atoms. The van der Waals surface area contributed by atoms with Crippen molar-refractivity contribution < 1.29 is 14.5 Å². The van der Waals surface area contributed by atoms with E-state index in [1.54, 1.807) is 37.3 Å². The number of benzene rings is 2. The van der Waals surface area contributed by atoms with Gasteiger partial charge in [0.2, 0.25) is 0 Å². The van der Waals surface area contributed by atoms with Crippen LogP contribution in [0, 0.1) is 17.0 Å². The first-order valence-electron chi connectivity index (χ1n) is 6.14. The number of halogens is 1. The fourth-order valence-electron chi connectivity index (χ4n) is 1.75. The van der Waals surface area contributed by atoms with Crippen LogP contribution in [0.2, 0.25) is 0 Å². The van der Waals surface area contributed by atoms with Crippen molar-refractivity contribution in [3.05, 3.63) is 68.2 Å². The van der Waals surface area contributed by atoms with Gasteiger partial charge in [-0.2, -0.15) is 0 Å². The van der Waals surface area contributed by atoms with Crippen molar-refractivity contribution in [2.24, 2.45) is 0 Å². The average Bonchev–Trinajstić information content (AvgIpc) is 2.46. The van der Waals surface area contributed by atoms with Crippen LogP contribution < -0.4 is 4.74 Å². The molecule has 0 heterocycles. The maximum atomic E-state index is 12.0. The summed E-state index contributed by atoms with van der Waals surface area (Å²) in [5.74, 6) is -0.145. The zero-order valence-electron chi connectivity index (χ0n) is 11.2. The van der Waals surface area contributed by atoms with Gasteiger partial charge in [-0.05, 0) is 30.7 Å². The maximum Gasteiger partial charge on any atom is 0.311 e. The van der Waals surface area contributed by atoms with E-state index in [1.807, 2.05) is 0 Å². The third-order valence-corrected chi connectivity index (χ3v) is 3.36. The molecule has 2 rings (SSSR count). The standard InChI is InChI=1S/C15H12BrNO4/c1-10-2-7-15(13(8-10)17(19)20)21-9-14(18)11-3-5-12(16)6-4-11/h2-8H,9H2,1H3. The summed E-state index contributed by atoms with van der Waals surface area (Å²) < 4.78 is 6.17. The highest BCUT2D eigenvalue weighted by Gasteiger charge is 2.16. The van der Waals surface area contributed by atoms with Crippen LogP contribution in [-0.4, -0.2) is 17.3 Å². The molecular weight excluding hydrogens is 338 g/mol. The molecule has 5 nitrogen and oxygen atoms in total. The SMILES string of the molecule is Cc1ccc(OCC(=O)c2ccc(Br)cc2)c([N+](=O)[O-])c1. The zero-order chi connectivity index (χ0) is 15.4. The van der Waals surface area contributed by atoms with Gasteiger partial charge in [-0.25, -0.2) is 0 Å². The smallest absolute Gasteiger partial charge is 0.311 e. The van der Waals surface area contributed by atoms with Gasteiger partial charge in [0.15, 0.2) is 18.1 Å². The molecule has 2 aromatic rings. The van der Waals surface area contributed by atoms with E-state index in [-0.39, 0.29) is 23.8 Å². The minimum atomic E-state index is -0.521. The number of carbonyl (C=O) groups is 1. The monoisotopic (exact) mass is 349 g/mol. The number of hydrogen-bond donors (Lipinski definition) is 0. The van der Waals surface area contributed by atoms with Crippen molar-refractivity contribution >= 4 is 27.4 Å². The number of nitro benzene ring substituents is 1. The Morgan fingerprint density at radius 2 is 1.90 bits per heavy atom. The van der Waals surface area contributed by atoms with E-state index in [0.717, 1.165) is 10.0 Å². The molecule has 0 fully saturated rings. The van der Waals surface area contributed by atoms with Crippen molar-refractivity contribution in [2.45, 2.75) is 6.92 Å². The Morgan fingerprint density at radius 1 is 1.24 bits per heavy atom. The number of nitro groups is 1. The fourth-order valence-corrected chi connectivity index (χ4v) is 2.02. The van der Waals surface area contributed by atoms with Gasteiger partial charge < -0.3 is 4.74 Å². The Hall–Kier alpha value is -2.21. The average molecular weight is 350 g/mol. The number of Topliss-reactive ketones (excluding diaryl/α,β-unsaturated/α-hetero) is 1. The molecule has 0 aliphatic rings. The zero-order valence-corrected chi connectivity index (χ0v) is 12.8. The van der Waals surface area contributed by atoms with Crippen molar-refractivity contribution in [2.75, 3.05) is 6.61 Å². The van der Waals surface area contributed by atoms with Crippen LogP contribution in [0.4, 0.5) is 5.69 Å². The van der Waals surface area contributed by atoms with Crippen LogP contribution in [0.1, 0.15) is 15.9 Å². The lowest BCUT2D eigenvalue weighted by Gasteiger charge is -2.07. The molecular formula is C15H12BrNO4. The molecule has 0 unspecified atom stereocenters. The Labute approximate surface area is 129 Å². The molecule has 0 N–H and O–H groups in total. The van der Waals surface area contributed by atoms with E-state index < -0.39 is 4.92 Å². The Morgan fingerprint density at radius 3 is 2.52 bits per heavy atom. The van der Waals surface area contributed by atoms with Crippen LogP contribution in [-0.2, 0) is 0 Å². The van der Waals surface area contributed by atoms with Crippen LogP contribution in [0.3, 0.4) is 0 Å². The topological polar surface area (TPSA) is 69.4 Å². The number of nitrogens with zero attached hydrogens (tertiary/aromatic N) is 1. The molecule has 2 aromatic carbocycles. The van der Waals surface area contributed by atoms with Gasteiger partial charge in [0.05, 0.1) is 4.92 Å². The van der Waals surface area contributed by atoms with E-state index in [1.165, 1.54) is 12.1 Å². The normalized spacial score (nSPS) is 10.2. The maximum absolute atomic E-state index is 12.0. The van der Waals surface area contributed by atoms with Crippen molar-refractivity contribution in [1.29, 1.82) is 0 Å². The van der Waals surface area contributed by atoms with Crippen molar-refractivity contribution in [3.8, 4) is 5.75 Å². The fraction of sp³-hybridized carbons (Fsp3) is 0.133. The highest BCUT2D eigenvalue weighted by molar-refractivity contribution is 9.10. The van der Waals surface area contributed by atoms with Gasteiger partial charge in [-0.1, -0.05) is 34.1 Å². The molecule has 6 heteroatoms. The molecule has 0 atom stereocenters. The molecule has 108 valence electrons. The Bertz CT molecular complexity index is 683. The molecule has 0 saturated carbocycles. The van der Waals surface area contributed by atoms with Crippen LogP contribution in [0.5, 0.6) is 5.75 Å². The summed E-state index contributed by atoms with van der Waals surface area (Å²) in [6.45, 7) is 1.51. The van der Waals surface area contributed by atoms with E-state index >= 15 is 0 Å². The lowest BCUT2D eigenvalue weighted by molar-refractivity contribution is -0.385. The first-order chi connectivity index (χ1) is 9.97. The number of rotatable bonds is 5. The summed E-state index contributed by atoms with van der Waals surface area (Å²) in [6, 6.07) is 11.5. The first kappa shape index (κ1) is 15.2. The quantitative estimate of drug-likeness (QED) is 0.465. The van der Waals surface area contributed by atoms with Gasteiger partial charge in [-0.3, -0.25) is 14.9 Å². The number of aryl methyl sites for hydroxylation is 1. The summed E-state index contributed by atoms with van der Waals surface area (Å²) in [4.78, 5) is 22.4. The second kappa shape index (κ2) is 6.49. The minimum Gasteiger partial charge on any atom is -0.478 e. The summed E-state index contributed by atoms with van der Waals surface area (Å²) in [6.07, 6.45) is 0. The lowest BCUT2D eigenvalue weighted by Crippen LogP contribution is -2.12. The Balaban J connectivity index is 2.11. The minimum absolute atomic E-state index is 0.0936. The number of ketones is 1. The van der Waals surface area contributed by atoms with Gasteiger partial charge in [0.25, 0.3) is 0 Å². The van der Waals surface area contributed by atoms with Gasteiger partial charge >= 0.3 is 5.69 Å². The first-order valence-corrected chi connectivity index (χ1v) is 6.93. The molecule has 0 radical (unpaired) electrons. The highest BCUT2D eigenvalue weighted by atomic mass is 79.9. The van der Waals surface area contributed by atoms with Gasteiger partial charge in [-0.15, -0.1) is 0 Å². The van der Waals surface area contributed by atoms with Crippen LogP contribution in [0.25, 0.3) is 0 Å². The molecule has 0 aromatic heterocycles.